The summed E-state index contributed by atoms with van der Waals surface area (Å²) in [7, 11) is 0. The van der Waals surface area contributed by atoms with Crippen molar-refractivity contribution < 1.29 is 19.1 Å². The molecule has 0 bridgehead atoms. The highest BCUT2D eigenvalue weighted by Gasteiger charge is 2.23. The number of nitrogens with zero attached hydrogens (tertiary/aromatic N) is 2. The molecule has 2 aromatic rings. The van der Waals surface area contributed by atoms with Crippen molar-refractivity contribution in [2.75, 3.05) is 0 Å². The maximum atomic E-state index is 12.4. The van der Waals surface area contributed by atoms with Gasteiger partial charge in [0.05, 0.1) is 28.0 Å². The van der Waals surface area contributed by atoms with E-state index in [0.717, 1.165) is 37.1 Å². The van der Waals surface area contributed by atoms with Gasteiger partial charge in [-0.25, -0.2) is 19.6 Å². The largest absolute Gasteiger partial charge is 0.449 e. The lowest BCUT2D eigenvalue weighted by Crippen LogP contribution is -2.47. The average molecular weight is 384 g/mol. The summed E-state index contributed by atoms with van der Waals surface area (Å²) in [6.45, 7) is 5.13. The van der Waals surface area contributed by atoms with E-state index < -0.39 is 24.0 Å². The SMILES string of the molecule is Cc1nc2ccc(C(=O)OC(C)C(=O)NC(=O)NC3CCCC3)cc2nc1C. The smallest absolute Gasteiger partial charge is 0.338 e. The third kappa shape index (κ3) is 4.62. The summed E-state index contributed by atoms with van der Waals surface area (Å²) in [6, 6.07) is 4.37. The van der Waals surface area contributed by atoms with Crippen molar-refractivity contribution in [1.29, 1.82) is 0 Å². The van der Waals surface area contributed by atoms with Gasteiger partial charge in [-0.3, -0.25) is 10.1 Å². The minimum atomic E-state index is -1.11. The molecular formula is C20H24N4O4. The Morgan fingerprint density at radius 3 is 2.39 bits per heavy atom. The van der Waals surface area contributed by atoms with Crippen LogP contribution in [-0.2, 0) is 9.53 Å². The summed E-state index contributed by atoms with van der Waals surface area (Å²) >= 11 is 0. The molecule has 8 heteroatoms. The Labute approximate surface area is 163 Å². The lowest BCUT2D eigenvalue weighted by molar-refractivity contribution is -0.127. The highest BCUT2D eigenvalue weighted by atomic mass is 16.5. The fourth-order valence-corrected chi connectivity index (χ4v) is 3.14. The minimum absolute atomic E-state index is 0.0939. The second kappa shape index (κ2) is 8.33. The van der Waals surface area contributed by atoms with Gasteiger partial charge < -0.3 is 10.1 Å². The van der Waals surface area contributed by atoms with Crippen LogP contribution in [0, 0.1) is 13.8 Å². The van der Waals surface area contributed by atoms with Crippen molar-refractivity contribution >= 4 is 28.9 Å². The molecule has 0 spiro atoms. The number of aryl methyl sites for hydroxylation is 2. The van der Waals surface area contributed by atoms with Gasteiger partial charge in [0.2, 0.25) is 0 Å². The standard InChI is InChI=1S/C20H24N4O4/c1-11-12(2)22-17-10-14(8-9-16(17)21-11)19(26)28-13(3)18(25)24-20(27)23-15-6-4-5-7-15/h8-10,13,15H,4-7H2,1-3H3,(H2,23,24,25,27). The number of hydrogen-bond donors (Lipinski definition) is 2. The molecule has 1 fully saturated rings. The fourth-order valence-electron chi connectivity index (χ4n) is 3.14. The van der Waals surface area contributed by atoms with E-state index in [0.29, 0.717) is 11.0 Å². The Morgan fingerprint density at radius 2 is 1.71 bits per heavy atom. The van der Waals surface area contributed by atoms with Crippen LogP contribution in [-0.4, -0.2) is 40.0 Å². The van der Waals surface area contributed by atoms with E-state index in [1.165, 1.54) is 6.92 Å². The van der Waals surface area contributed by atoms with Gasteiger partial charge in [0, 0.05) is 6.04 Å². The summed E-state index contributed by atoms with van der Waals surface area (Å²) in [5.74, 6) is -1.34. The number of ether oxygens (including phenoxy) is 1. The molecular weight excluding hydrogens is 360 g/mol. The predicted octanol–water partition coefficient (Wildman–Crippen LogP) is 2.56. The summed E-state index contributed by atoms with van der Waals surface area (Å²) in [4.78, 5) is 45.2. The number of fused-ring (bicyclic) bond motifs is 1. The number of rotatable bonds is 4. The summed E-state index contributed by atoms with van der Waals surface area (Å²) in [6.07, 6.45) is 2.86. The number of carbonyl (C=O) groups is 3. The number of urea groups is 1. The first-order valence-corrected chi connectivity index (χ1v) is 9.41. The maximum absolute atomic E-state index is 12.4. The van der Waals surface area contributed by atoms with E-state index in [-0.39, 0.29) is 11.6 Å². The maximum Gasteiger partial charge on any atom is 0.338 e. The van der Waals surface area contributed by atoms with E-state index in [1.54, 1.807) is 18.2 Å². The Hall–Kier alpha value is -3.03. The molecule has 1 saturated carbocycles. The van der Waals surface area contributed by atoms with Crippen LogP contribution in [0.3, 0.4) is 0 Å². The van der Waals surface area contributed by atoms with Crippen LogP contribution in [0.1, 0.15) is 54.4 Å². The van der Waals surface area contributed by atoms with E-state index in [4.69, 9.17) is 4.74 Å². The van der Waals surface area contributed by atoms with Gasteiger partial charge >= 0.3 is 12.0 Å². The zero-order valence-corrected chi connectivity index (χ0v) is 16.2. The molecule has 8 nitrogen and oxygen atoms in total. The fraction of sp³-hybridized carbons (Fsp3) is 0.450. The summed E-state index contributed by atoms with van der Waals surface area (Å²) in [5.41, 5.74) is 3.11. The molecule has 1 atom stereocenters. The first kappa shape index (κ1) is 19.7. The van der Waals surface area contributed by atoms with Crippen LogP contribution in [0.15, 0.2) is 18.2 Å². The summed E-state index contributed by atoms with van der Waals surface area (Å²) < 4.78 is 5.19. The molecule has 0 saturated heterocycles. The van der Waals surface area contributed by atoms with Crippen molar-refractivity contribution in [2.24, 2.45) is 0 Å². The molecule has 1 heterocycles. The first-order valence-electron chi connectivity index (χ1n) is 9.41. The van der Waals surface area contributed by atoms with Crippen molar-refractivity contribution in [3.05, 3.63) is 35.2 Å². The molecule has 1 aromatic heterocycles. The van der Waals surface area contributed by atoms with Crippen LogP contribution in [0.5, 0.6) is 0 Å². The quantitative estimate of drug-likeness (QED) is 0.784. The van der Waals surface area contributed by atoms with Crippen molar-refractivity contribution in [2.45, 2.75) is 58.6 Å². The van der Waals surface area contributed by atoms with Gasteiger partial charge in [-0.15, -0.1) is 0 Å². The second-order valence-corrected chi connectivity index (χ2v) is 7.09. The minimum Gasteiger partial charge on any atom is -0.449 e. The molecule has 1 aliphatic rings. The topological polar surface area (TPSA) is 110 Å². The lowest BCUT2D eigenvalue weighted by Gasteiger charge is -2.15. The Morgan fingerprint density at radius 1 is 1.07 bits per heavy atom. The Balaban J connectivity index is 1.59. The molecule has 1 aromatic carbocycles. The third-order valence-electron chi connectivity index (χ3n) is 4.89. The number of hydrogen-bond acceptors (Lipinski definition) is 6. The van der Waals surface area contributed by atoms with E-state index in [9.17, 15) is 14.4 Å². The number of nitrogens with one attached hydrogen (secondary N) is 2. The van der Waals surface area contributed by atoms with Crippen LogP contribution in [0.25, 0.3) is 11.0 Å². The number of aromatic nitrogens is 2. The zero-order chi connectivity index (χ0) is 20.3. The van der Waals surface area contributed by atoms with E-state index in [2.05, 4.69) is 20.6 Å². The van der Waals surface area contributed by atoms with Crippen LogP contribution >= 0.6 is 0 Å². The van der Waals surface area contributed by atoms with Gasteiger partial charge in [0.1, 0.15) is 0 Å². The Kier molecular flexibility index (Phi) is 5.87. The van der Waals surface area contributed by atoms with Crippen LogP contribution in [0.2, 0.25) is 0 Å². The number of benzene rings is 1. The number of carbonyl (C=O) groups excluding carboxylic acids is 3. The molecule has 1 aliphatic carbocycles. The van der Waals surface area contributed by atoms with Crippen molar-refractivity contribution in [3.8, 4) is 0 Å². The van der Waals surface area contributed by atoms with E-state index in [1.807, 2.05) is 13.8 Å². The molecule has 3 rings (SSSR count). The highest BCUT2D eigenvalue weighted by Crippen LogP contribution is 2.17. The molecule has 0 radical (unpaired) electrons. The molecule has 0 aliphatic heterocycles. The molecule has 28 heavy (non-hydrogen) atoms. The number of imide groups is 1. The van der Waals surface area contributed by atoms with Crippen molar-refractivity contribution in [3.63, 3.8) is 0 Å². The first-order chi connectivity index (χ1) is 13.3. The van der Waals surface area contributed by atoms with Gasteiger partial charge in [-0.05, 0) is 51.8 Å². The monoisotopic (exact) mass is 384 g/mol. The normalized spacial score (nSPS) is 15.2. The third-order valence-corrected chi connectivity index (χ3v) is 4.89. The molecule has 148 valence electrons. The summed E-state index contributed by atoms with van der Waals surface area (Å²) in [5, 5.41) is 4.97. The molecule has 2 N–H and O–H groups in total. The molecule has 3 amide bonds. The van der Waals surface area contributed by atoms with Gasteiger partial charge in [-0.2, -0.15) is 0 Å². The van der Waals surface area contributed by atoms with Crippen LogP contribution < -0.4 is 10.6 Å². The van der Waals surface area contributed by atoms with Gasteiger partial charge in [0.15, 0.2) is 6.10 Å². The predicted molar refractivity (Wildman–Crippen MR) is 103 cm³/mol. The second-order valence-electron chi connectivity index (χ2n) is 7.09. The lowest BCUT2D eigenvalue weighted by atomic mass is 10.2. The average Bonchev–Trinajstić information content (AvgIpc) is 3.14. The van der Waals surface area contributed by atoms with E-state index >= 15 is 0 Å². The van der Waals surface area contributed by atoms with Gasteiger partial charge in [0.25, 0.3) is 5.91 Å². The Bertz CT molecular complexity index is 922. The highest BCUT2D eigenvalue weighted by molar-refractivity contribution is 5.99. The van der Waals surface area contributed by atoms with Crippen molar-refractivity contribution in [1.82, 2.24) is 20.6 Å². The number of amides is 3. The van der Waals surface area contributed by atoms with Crippen LogP contribution in [0.4, 0.5) is 4.79 Å². The molecule has 1 unspecified atom stereocenters. The van der Waals surface area contributed by atoms with Gasteiger partial charge in [-0.1, -0.05) is 12.8 Å². The number of esters is 1. The zero-order valence-electron chi connectivity index (χ0n) is 16.2.